The lowest BCUT2D eigenvalue weighted by Crippen LogP contribution is -2.51. The molecule has 2 aromatic carbocycles. The predicted molar refractivity (Wildman–Crippen MR) is 155 cm³/mol. The molecule has 3 heterocycles. The molecule has 5 N–H and O–H groups in total. The molecule has 252 valence electrons. The molecule has 3 amide bonds. The van der Waals surface area contributed by atoms with Gasteiger partial charge in [-0.1, -0.05) is 0 Å². The van der Waals surface area contributed by atoms with Crippen LogP contribution in [0.2, 0.25) is 0 Å². The fourth-order valence-electron chi connectivity index (χ4n) is 5.03. The van der Waals surface area contributed by atoms with E-state index >= 15 is 0 Å². The number of primary amides is 1. The molecule has 0 unspecified atom stereocenters. The van der Waals surface area contributed by atoms with Crippen molar-refractivity contribution < 1.29 is 55.0 Å². The van der Waals surface area contributed by atoms with Gasteiger partial charge in [-0.15, -0.1) is 0 Å². The molecular weight excluding hydrogens is 655 g/mol. The fraction of sp³-hybridized carbons (Fsp3) is 0.258. The minimum absolute atomic E-state index is 0.0604. The fourth-order valence-corrected chi connectivity index (χ4v) is 5.03. The Morgan fingerprint density at radius 2 is 1.71 bits per heavy atom. The highest BCUT2D eigenvalue weighted by Gasteiger charge is 2.57. The number of alkyl halides is 6. The Bertz CT molecular complexity index is 1970. The average molecular weight is 680 g/mol. The van der Waals surface area contributed by atoms with E-state index in [2.05, 4.69) is 9.97 Å². The van der Waals surface area contributed by atoms with Crippen LogP contribution in [-0.4, -0.2) is 58.3 Å². The third kappa shape index (κ3) is 6.08. The Kier molecular flexibility index (Phi) is 8.32. The zero-order chi connectivity index (χ0) is 35.4. The SMILES string of the molecule is Cc1cnc2c(NC(=O)C(F)(F)F)cc(C(=O)NC[C@](O)(c3cc4c(c(-c5ccc(F)cc5)n3)OC[C@]4(C)C(N)=O)C(F)(F)F)cc2c1. The van der Waals surface area contributed by atoms with Crippen molar-refractivity contribution in [3.63, 3.8) is 0 Å². The molecular formula is C31H24F7N5O5. The van der Waals surface area contributed by atoms with Crippen LogP contribution in [0.15, 0.2) is 54.7 Å². The summed E-state index contributed by atoms with van der Waals surface area (Å²) in [7, 11) is 0. The third-order valence-corrected chi connectivity index (χ3v) is 7.82. The Labute approximate surface area is 266 Å². The second-order valence-corrected chi connectivity index (χ2v) is 11.3. The Hall–Kier alpha value is -5.32. The normalized spacial score (nSPS) is 17.3. The van der Waals surface area contributed by atoms with Crippen LogP contribution < -0.4 is 21.1 Å². The van der Waals surface area contributed by atoms with Crippen molar-refractivity contribution in [3.8, 4) is 17.0 Å². The van der Waals surface area contributed by atoms with Crippen LogP contribution in [0.25, 0.3) is 22.2 Å². The maximum atomic E-state index is 14.7. The summed E-state index contributed by atoms with van der Waals surface area (Å²) in [5, 5.41) is 14.8. The molecule has 5 rings (SSSR count). The number of ether oxygens (including phenoxy) is 1. The largest absolute Gasteiger partial charge is 0.489 e. The van der Waals surface area contributed by atoms with E-state index in [1.54, 1.807) is 12.2 Å². The van der Waals surface area contributed by atoms with Gasteiger partial charge in [-0.25, -0.2) is 9.37 Å². The zero-order valence-corrected chi connectivity index (χ0v) is 24.8. The number of carbonyl (C=O) groups excluding carboxylic acids is 3. The van der Waals surface area contributed by atoms with Crippen LogP contribution >= 0.6 is 0 Å². The highest BCUT2D eigenvalue weighted by atomic mass is 19.4. The van der Waals surface area contributed by atoms with Crippen molar-refractivity contribution >= 4 is 34.3 Å². The molecule has 0 fully saturated rings. The number of hydrogen-bond acceptors (Lipinski definition) is 7. The summed E-state index contributed by atoms with van der Waals surface area (Å²) in [6.07, 6.45) is -9.56. The van der Waals surface area contributed by atoms with Gasteiger partial charge < -0.3 is 26.2 Å². The van der Waals surface area contributed by atoms with Crippen molar-refractivity contribution in [2.24, 2.45) is 5.73 Å². The summed E-state index contributed by atoms with van der Waals surface area (Å²) in [5.41, 5.74) is -2.20. The first kappa shape index (κ1) is 34.0. The van der Waals surface area contributed by atoms with Gasteiger partial charge in [0.25, 0.3) is 5.91 Å². The molecule has 2 aromatic heterocycles. The topological polar surface area (TPSA) is 157 Å². The number of benzene rings is 2. The van der Waals surface area contributed by atoms with Gasteiger partial charge in [0.15, 0.2) is 0 Å². The van der Waals surface area contributed by atoms with Crippen LogP contribution in [0.5, 0.6) is 5.75 Å². The number of carbonyl (C=O) groups is 3. The number of hydrogen-bond donors (Lipinski definition) is 4. The summed E-state index contributed by atoms with van der Waals surface area (Å²) >= 11 is 0. The average Bonchev–Trinajstić information content (AvgIpc) is 3.36. The number of nitrogens with two attached hydrogens (primary N) is 1. The monoisotopic (exact) mass is 679 g/mol. The van der Waals surface area contributed by atoms with Crippen molar-refractivity contribution in [3.05, 3.63) is 82.9 Å². The van der Waals surface area contributed by atoms with Crippen molar-refractivity contribution in [1.29, 1.82) is 0 Å². The minimum Gasteiger partial charge on any atom is -0.489 e. The van der Waals surface area contributed by atoms with Gasteiger partial charge >= 0.3 is 18.3 Å². The summed E-state index contributed by atoms with van der Waals surface area (Å²) in [6.45, 7) is 0.919. The molecule has 1 aliphatic rings. The van der Waals surface area contributed by atoms with Gasteiger partial charge in [-0.05, 0) is 67.9 Å². The number of nitrogens with zero attached hydrogens (tertiary/aromatic N) is 2. The van der Waals surface area contributed by atoms with E-state index in [-0.39, 0.29) is 40.1 Å². The lowest BCUT2D eigenvalue weighted by molar-refractivity contribution is -0.265. The number of aromatic nitrogens is 2. The Morgan fingerprint density at radius 3 is 2.31 bits per heavy atom. The molecule has 17 heteroatoms. The lowest BCUT2D eigenvalue weighted by Gasteiger charge is -2.31. The van der Waals surface area contributed by atoms with Gasteiger partial charge in [0.1, 0.15) is 29.3 Å². The number of amides is 3. The summed E-state index contributed by atoms with van der Waals surface area (Å²) in [5.74, 6) is -5.45. The zero-order valence-electron chi connectivity index (χ0n) is 24.8. The van der Waals surface area contributed by atoms with Gasteiger partial charge in [0, 0.05) is 28.3 Å². The second-order valence-electron chi connectivity index (χ2n) is 11.3. The first-order valence-electron chi connectivity index (χ1n) is 13.8. The first-order valence-corrected chi connectivity index (χ1v) is 13.8. The van der Waals surface area contributed by atoms with Gasteiger partial charge in [-0.3, -0.25) is 19.4 Å². The van der Waals surface area contributed by atoms with Gasteiger partial charge in [-0.2, -0.15) is 26.3 Å². The van der Waals surface area contributed by atoms with Gasteiger partial charge in [0.2, 0.25) is 11.5 Å². The quantitative estimate of drug-likeness (QED) is 0.209. The van der Waals surface area contributed by atoms with Crippen molar-refractivity contribution in [1.82, 2.24) is 15.3 Å². The van der Waals surface area contributed by atoms with E-state index in [1.165, 1.54) is 31.3 Å². The second kappa shape index (κ2) is 11.7. The van der Waals surface area contributed by atoms with Crippen LogP contribution in [-0.2, 0) is 20.6 Å². The van der Waals surface area contributed by atoms with E-state index in [0.717, 1.165) is 30.3 Å². The molecule has 48 heavy (non-hydrogen) atoms. The van der Waals surface area contributed by atoms with Crippen molar-refractivity contribution in [2.75, 3.05) is 18.5 Å². The number of halogens is 7. The number of aryl methyl sites for hydroxylation is 1. The summed E-state index contributed by atoms with van der Waals surface area (Å²) in [6, 6.07) is 8.46. The number of rotatable bonds is 7. The Morgan fingerprint density at radius 1 is 1.04 bits per heavy atom. The highest BCUT2D eigenvalue weighted by molar-refractivity contribution is 6.07. The first-order chi connectivity index (χ1) is 22.2. The number of aliphatic hydroxyl groups is 1. The molecule has 10 nitrogen and oxygen atoms in total. The van der Waals surface area contributed by atoms with Gasteiger partial charge in [0.05, 0.1) is 23.4 Å². The molecule has 4 aromatic rings. The highest BCUT2D eigenvalue weighted by Crippen LogP contribution is 2.47. The predicted octanol–water partition coefficient (Wildman–Crippen LogP) is 4.56. The number of nitrogens with one attached hydrogen (secondary N) is 2. The minimum atomic E-state index is -5.53. The molecule has 0 radical (unpaired) electrons. The summed E-state index contributed by atoms with van der Waals surface area (Å²) in [4.78, 5) is 45.3. The molecule has 0 spiro atoms. The Balaban J connectivity index is 1.58. The maximum absolute atomic E-state index is 14.7. The smallest absolute Gasteiger partial charge is 0.471 e. The van der Waals surface area contributed by atoms with E-state index in [4.69, 9.17) is 10.5 Å². The van der Waals surface area contributed by atoms with E-state index in [9.17, 15) is 50.2 Å². The lowest BCUT2D eigenvalue weighted by atomic mass is 9.81. The van der Waals surface area contributed by atoms with E-state index < -0.39 is 70.4 Å². The standard InChI is InChI=1S/C31H24F7N5O5/c1-14-7-16-8-17(9-20(22(16)40-11-14)42-27(46)30(33,34)35)25(44)41-12-29(47,31(36,37)38)21-10-19-24(48-13-28(19,2)26(39)45)23(43-21)15-3-5-18(32)6-4-15/h3-11,47H,12-13H2,1-2H3,(H2,39,45)(H,41,44)(H,42,46)/t28-,29-/m0/s1. The molecule has 0 saturated carbocycles. The molecule has 1 aliphatic heterocycles. The molecule has 0 aliphatic carbocycles. The van der Waals surface area contributed by atoms with Crippen LogP contribution in [0.3, 0.4) is 0 Å². The summed E-state index contributed by atoms with van der Waals surface area (Å²) < 4.78 is 103. The third-order valence-electron chi connectivity index (χ3n) is 7.82. The van der Waals surface area contributed by atoms with Crippen LogP contribution in [0.4, 0.5) is 36.4 Å². The van der Waals surface area contributed by atoms with E-state index in [0.29, 0.717) is 5.56 Å². The maximum Gasteiger partial charge on any atom is 0.471 e. The van der Waals surface area contributed by atoms with Crippen molar-refractivity contribution in [2.45, 2.75) is 37.2 Å². The van der Waals surface area contributed by atoms with Crippen LogP contribution in [0.1, 0.15) is 34.1 Å². The number of pyridine rings is 2. The molecule has 2 atom stereocenters. The molecule has 0 saturated heterocycles. The number of fused-ring (bicyclic) bond motifs is 2. The molecule has 0 bridgehead atoms. The van der Waals surface area contributed by atoms with Crippen LogP contribution in [0, 0.1) is 12.7 Å². The van der Waals surface area contributed by atoms with E-state index in [1.807, 2.05) is 5.32 Å². The number of anilines is 1.